The van der Waals surface area contributed by atoms with Crippen molar-refractivity contribution in [3.63, 3.8) is 0 Å². The fraction of sp³-hybridized carbons (Fsp3) is 0.303. The molecule has 0 spiro atoms. The number of carbonyl (C=O) groups is 2. The Morgan fingerprint density at radius 1 is 1.02 bits per heavy atom. The van der Waals surface area contributed by atoms with Crippen molar-refractivity contribution in [1.82, 2.24) is 10.3 Å². The Morgan fingerprint density at radius 2 is 1.83 bits per heavy atom. The smallest absolute Gasteiger partial charge is 0.335 e. The van der Waals surface area contributed by atoms with Gasteiger partial charge >= 0.3 is 5.97 Å². The van der Waals surface area contributed by atoms with Crippen LogP contribution in [0.25, 0.3) is 10.9 Å². The van der Waals surface area contributed by atoms with E-state index in [2.05, 4.69) is 30.2 Å². The number of carboxylic acids is 1. The molecule has 1 heterocycles. The van der Waals surface area contributed by atoms with Crippen LogP contribution in [0.3, 0.4) is 0 Å². The number of benzene rings is 3. The number of halogens is 1. The number of carboxylic acid groups (broad SMARTS) is 1. The van der Waals surface area contributed by atoms with Gasteiger partial charge in [-0.1, -0.05) is 67.9 Å². The number of rotatable bonds is 14. The summed E-state index contributed by atoms with van der Waals surface area (Å²) in [6.07, 6.45) is 1.75. The molecular weight excluding hydrogens is 556 g/mol. The number of fused-ring (bicyclic) bond motifs is 1. The molecule has 1 aromatic heterocycles. The van der Waals surface area contributed by atoms with Gasteiger partial charge in [0.25, 0.3) is 0 Å². The summed E-state index contributed by atoms with van der Waals surface area (Å²) in [7, 11) is 0. The highest BCUT2D eigenvalue weighted by Gasteiger charge is 2.17. The zero-order chi connectivity index (χ0) is 29.2. The predicted molar refractivity (Wildman–Crippen MR) is 167 cm³/mol. The Bertz CT molecular complexity index is 1490. The molecule has 0 saturated carbocycles. The molecule has 0 bridgehead atoms. The van der Waals surface area contributed by atoms with Gasteiger partial charge in [0.1, 0.15) is 12.4 Å². The van der Waals surface area contributed by atoms with Crippen LogP contribution in [0.4, 0.5) is 0 Å². The maximum absolute atomic E-state index is 12.3. The van der Waals surface area contributed by atoms with Crippen LogP contribution in [-0.2, 0) is 17.8 Å². The van der Waals surface area contributed by atoms with Crippen LogP contribution in [0.5, 0.6) is 5.75 Å². The Balaban J connectivity index is 1.46. The monoisotopic (exact) mass is 590 g/mol. The summed E-state index contributed by atoms with van der Waals surface area (Å²) >= 11 is 7.84. The maximum Gasteiger partial charge on any atom is 0.335 e. The molecule has 0 fully saturated rings. The number of aryl methyl sites for hydroxylation is 1. The van der Waals surface area contributed by atoms with E-state index in [1.54, 1.807) is 23.9 Å². The van der Waals surface area contributed by atoms with Crippen molar-refractivity contribution >= 4 is 46.1 Å². The van der Waals surface area contributed by atoms with E-state index in [1.807, 2.05) is 60.7 Å². The van der Waals surface area contributed by atoms with Gasteiger partial charge < -0.3 is 15.2 Å². The van der Waals surface area contributed by atoms with Crippen molar-refractivity contribution in [2.45, 2.75) is 45.0 Å². The molecule has 0 saturated heterocycles. The van der Waals surface area contributed by atoms with Gasteiger partial charge in [-0.3, -0.25) is 4.79 Å². The lowest BCUT2D eigenvalue weighted by Gasteiger charge is -2.19. The largest absolute Gasteiger partial charge is 0.487 e. The number of carbonyl (C=O) groups excluding carboxylic acids is 1. The molecule has 4 rings (SSSR count). The first-order valence-corrected chi connectivity index (χ1v) is 15.2. The first-order chi connectivity index (χ1) is 19.8. The molecule has 0 aliphatic heterocycles. The molecule has 1 amide bonds. The van der Waals surface area contributed by atoms with Crippen molar-refractivity contribution in [2.24, 2.45) is 5.92 Å². The Morgan fingerprint density at radius 3 is 2.63 bits per heavy atom. The minimum atomic E-state index is -0.924. The van der Waals surface area contributed by atoms with E-state index in [-0.39, 0.29) is 11.2 Å². The third kappa shape index (κ3) is 9.23. The average molecular weight is 591 g/mol. The molecule has 6 nitrogen and oxygen atoms in total. The van der Waals surface area contributed by atoms with Gasteiger partial charge in [0, 0.05) is 34.4 Å². The lowest BCUT2D eigenvalue weighted by Crippen LogP contribution is -2.27. The van der Waals surface area contributed by atoms with E-state index in [0.717, 1.165) is 39.9 Å². The molecular formula is C33H35ClN2O4S. The SMILES string of the molecule is CC(C)CNC(=O)CCSC(CCc1ccccc1C(=O)O)c1cccc(OCc2ccc3ccc(Cl)cc3n2)c1. The van der Waals surface area contributed by atoms with Gasteiger partial charge in [0.15, 0.2) is 0 Å². The van der Waals surface area contributed by atoms with Gasteiger partial charge in [-0.05, 0) is 66.3 Å². The highest BCUT2D eigenvalue weighted by Crippen LogP contribution is 2.36. The van der Waals surface area contributed by atoms with Gasteiger partial charge in [-0.25, -0.2) is 9.78 Å². The Kier molecular flexibility index (Phi) is 11.0. The lowest BCUT2D eigenvalue weighted by molar-refractivity contribution is -0.120. The number of hydrogen-bond acceptors (Lipinski definition) is 5. The van der Waals surface area contributed by atoms with Crippen molar-refractivity contribution in [1.29, 1.82) is 0 Å². The summed E-state index contributed by atoms with van der Waals surface area (Å²) < 4.78 is 6.13. The van der Waals surface area contributed by atoms with E-state index in [9.17, 15) is 14.7 Å². The molecule has 214 valence electrons. The van der Waals surface area contributed by atoms with Crippen LogP contribution in [-0.4, -0.2) is 34.3 Å². The van der Waals surface area contributed by atoms with Crippen LogP contribution >= 0.6 is 23.4 Å². The zero-order valence-electron chi connectivity index (χ0n) is 23.3. The maximum atomic E-state index is 12.3. The number of nitrogens with one attached hydrogen (secondary N) is 1. The second-order valence-corrected chi connectivity index (χ2v) is 12.1. The van der Waals surface area contributed by atoms with Crippen molar-refractivity contribution < 1.29 is 19.4 Å². The summed E-state index contributed by atoms with van der Waals surface area (Å²) in [6, 6.07) is 24.7. The predicted octanol–water partition coefficient (Wildman–Crippen LogP) is 7.73. The third-order valence-electron chi connectivity index (χ3n) is 6.61. The summed E-state index contributed by atoms with van der Waals surface area (Å²) in [5, 5.41) is 14.3. The zero-order valence-corrected chi connectivity index (χ0v) is 24.9. The molecule has 0 aliphatic carbocycles. The first kappa shape index (κ1) is 30.4. The molecule has 8 heteroatoms. The molecule has 2 N–H and O–H groups in total. The minimum Gasteiger partial charge on any atom is -0.487 e. The number of nitrogens with zero attached hydrogens (tertiary/aromatic N) is 1. The lowest BCUT2D eigenvalue weighted by atomic mass is 9.99. The first-order valence-electron chi connectivity index (χ1n) is 13.8. The van der Waals surface area contributed by atoms with Gasteiger partial charge in [-0.2, -0.15) is 11.8 Å². The average Bonchev–Trinajstić information content (AvgIpc) is 2.96. The van der Waals surface area contributed by atoms with Crippen LogP contribution in [0, 0.1) is 5.92 Å². The van der Waals surface area contributed by atoms with E-state index in [4.69, 9.17) is 16.3 Å². The van der Waals surface area contributed by atoms with Gasteiger partial charge in [0.2, 0.25) is 5.91 Å². The fourth-order valence-electron chi connectivity index (χ4n) is 4.45. The highest BCUT2D eigenvalue weighted by molar-refractivity contribution is 7.99. The number of amides is 1. The molecule has 3 aromatic carbocycles. The third-order valence-corrected chi connectivity index (χ3v) is 8.19. The molecule has 1 atom stereocenters. The van der Waals surface area contributed by atoms with Crippen molar-refractivity contribution in [2.75, 3.05) is 12.3 Å². The van der Waals surface area contributed by atoms with Crippen molar-refractivity contribution in [3.05, 3.63) is 106 Å². The van der Waals surface area contributed by atoms with E-state index in [1.165, 1.54) is 0 Å². The molecule has 4 aromatic rings. The van der Waals surface area contributed by atoms with Crippen LogP contribution in [0.2, 0.25) is 5.02 Å². The van der Waals surface area contributed by atoms with Crippen LogP contribution in [0.1, 0.15) is 59.1 Å². The van der Waals surface area contributed by atoms with E-state index >= 15 is 0 Å². The topological polar surface area (TPSA) is 88.5 Å². The number of pyridine rings is 1. The standard InChI is InChI=1S/C33H35ClN2O4S/c1-22(2)20-35-32(37)16-17-41-31(15-12-23-6-3-4-9-29(23)33(38)39)25-7-5-8-28(18-25)40-21-27-14-11-24-10-13-26(34)19-30(24)36-27/h3-11,13-14,18-19,22,31H,12,15-17,20-21H2,1-2H3,(H,35,37)(H,38,39). The second-order valence-electron chi connectivity index (χ2n) is 10.3. The molecule has 0 radical (unpaired) electrons. The summed E-state index contributed by atoms with van der Waals surface area (Å²) in [5.41, 5.74) is 3.82. The normalized spacial score (nSPS) is 11.9. The van der Waals surface area contributed by atoms with E-state index in [0.29, 0.717) is 48.3 Å². The molecule has 1 unspecified atom stereocenters. The summed E-state index contributed by atoms with van der Waals surface area (Å²) in [4.78, 5) is 28.7. The van der Waals surface area contributed by atoms with E-state index < -0.39 is 5.97 Å². The van der Waals surface area contributed by atoms with Gasteiger partial charge in [0.05, 0.1) is 16.8 Å². The number of ether oxygens (including phenoxy) is 1. The Hall–Kier alpha value is -3.55. The molecule has 41 heavy (non-hydrogen) atoms. The van der Waals surface area contributed by atoms with Gasteiger partial charge in [-0.15, -0.1) is 0 Å². The van der Waals surface area contributed by atoms with Crippen LogP contribution < -0.4 is 10.1 Å². The van der Waals surface area contributed by atoms with Crippen molar-refractivity contribution in [3.8, 4) is 5.75 Å². The minimum absolute atomic E-state index is 0.0439. The molecule has 0 aliphatic rings. The number of aromatic nitrogens is 1. The summed E-state index contributed by atoms with van der Waals surface area (Å²) in [6.45, 7) is 5.12. The second kappa shape index (κ2) is 14.9. The van der Waals surface area contributed by atoms with Crippen LogP contribution in [0.15, 0.2) is 78.9 Å². The number of thioether (sulfide) groups is 1. The number of hydrogen-bond donors (Lipinski definition) is 2. The Labute approximate surface area is 250 Å². The quantitative estimate of drug-likeness (QED) is 0.156. The highest BCUT2D eigenvalue weighted by atomic mass is 35.5. The number of aromatic carboxylic acids is 1. The summed E-state index contributed by atoms with van der Waals surface area (Å²) in [5.74, 6) is 0.902. The fourth-order valence-corrected chi connectivity index (χ4v) is 5.83.